The second-order valence-electron chi connectivity index (χ2n) is 7.01. The number of anilines is 1. The molecule has 0 radical (unpaired) electrons. The number of hydrogen-bond donors (Lipinski definition) is 1. The Kier molecular flexibility index (Phi) is 6.23. The maximum absolute atomic E-state index is 12.6. The van der Waals surface area contributed by atoms with Crippen LogP contribution in [0.5, 0.6) is 5.75 Å². The Balaban J connectivity index is 2.07. The monoisotopic (exact) mass is 411 g/mol. The van der Waals surface area contributed by atoms with Crippen molar-refractivity contribution in [2.24, 2.45) is 0 Å². The molecule has 0 aliphatic heterocycles. The smallest absolute Gasteiger partial charge is 0.341 e. The molecule has 1 heterocycles. The van der Waals surface area contributed by atoms with Crippen LogP contribution in [0, 0.1) is 20.8 Å². The van der Waals surface area contributed by atoms with Crippen molar-refractivity contribution < 1.29 is 19.1 Å². The van der Waals surface area contributed by atoms with E-state index in [1.807, 2.05) is 19.1 Å². The number of ether oxygens (including phenoxy) is 2. The number of aryl methyl sites for hydroxylation is 3. The van der Waals surface area contributed by atoms with Crippen molar-refractivity contribution in [3.8, 4) is 5.75 Å². The molecule has 0 saturated carbocycles. The molecular weight excluding hydrogens is 386 g/mol. The molecule has 29 heavy (non-hydrogen) atoms. The van der Waals surface area contributed by atoms with E-state index in [0.717, 1.165) is 32.5 Å². The molecule has 0 fully saturated rings. The number of fused-ring (bicyclic) bond motifs is 1. The van der Waals surface area contributed by atoms with Gasteiger partial charge in [-0.1, -0.05) is 35.9 Å². The molecule has 0 unspecified atom stereocenters. The van der Waals surface area contributed by atoms with E-state index in [-0.39, 0.29) is 12.5 Å². The van der Waals surface area contributed by atoms with Crippen LogP contribution in [-0.2, 0) is 16.1 Å². The standard InChI is InChI=1S/C23H25NO4S/c1-6-27-23(26)19-18-10-9-15(4)20(21(18)29-22(19)24-16(5)25)28-12-17-11-13(2)7-8-14(17)3/h7-11H,6,12H2,1-5H3,(H,24,25). The summed E-state index contributed by atoms with van der Waals surface area (Å²) in [6, 6.07) is 10.1. The third-order valence-corrected chi connectivity index (χ3v) is 5.78. The zero-order chi connectivity index (χ0) is 21.1. The van der Waals surface area contributed by atoms with Gasteiger partial charge in [-0.3, -0.25) is 4.79 Å². The topological polar surface area (TPSA) is 64.6 Å². The first-order valence-corrected chi connectivity index (χ1v) is 10.3. The van der Waals surface area contributed by atoms with Crippen LogP contribution in [0.1, 0.15) is 46.5 Å². The Morgan fingerprint density at radius 1 is 1.07 bits per heavy atom. The van der Waals surface area contributed by atoms with Gasteiger partial charge in [-0.25, -0.2) is 4.79 Å². The molecule has 3 rings (SSSR count). The number of amides is 1. The summed E-state index contributed by atoms with van der Waals surface area (Å²) in [6.07, 6.45) is 0. The molecule has 0 atom stereocenters. The lowest BCUT2D eigenvalue weighted by Crippen LogP contribution is -2.10. The number of carbonyl (C=O) groups is 2. The summed E-state index contributed by atoms with van der Waals surface area (Å²) in [7, 11) is 0. The van der Waals surface area contributed by atoms with Gasteiger partial charge in [0, 0.05) is 12.3 Å². The zero-order valence-electron chi connectivity index (χ0n) is 17.3. The third kappa shape index (κ3) is 4.43. The number of thiophene rings is 1. The average molecular weight is 412 g/mol. The number of esters is 1. The Hall–Kier alpha value is -2.86. The molecule has 6 heteroatoms. The highest BCUT2D eigenvalue weighted by molar-refractivity contribution is 7.23. The van der Waals surface area contributed by atoms with Crippen LogP contribution >= 0.6 is 11.3 Å². The van der Waals surface area contributed by atoms with E-state index in [1.165, 1.54) is 23.8 Å². The SMILES string of the molecule is CCOC(=O)c1c(NC(C)=O)sc2c(OCc3cc(C)ccc3C)c(C)ccc12. The van der Waals surface area contributed by atoms with E-state index in [4.69, 9.17) is 9.47 Å². The van der Waals surface area contributed by atoms with Crippen molar-refractivity contribution in [2.45, 2.75) is 41.2 Å². The molecule has 1 aromatic heterocycles. The van der Waals surface area contributed by atoms with E-state index in [9.17, 15) is 9.59 Å². The predicted octanol–water partition coefficient (Wildman–Crippen LogP) is 5.54. The van der Waals surface area contributed by atoms with Crippen molar-refractivity contribution in [3.05, 3.63) is 58.1 Å². The average Bonchev–Trinajstić information content (AvgIpc) is 3.01. The quantitative estimate of drug-likeness (QED) is 0.541. The number of rotatable bonds is 6. The van der Waals surface area contributed by atoms with Crippen LogP contribution in [0.4, 0.5) is 5.00 Å². The van der Waals surface area contributed by atoms with Crippen LogP contribution in [-0.4, -0.2) is 18.5 Å². The lowest BCUT2D eigenvalue weighted by atomic mass is 10.1. The Morgan fingerprint density at radius 3 is 2.48 bits per heavy atom. The number of benzene rings is 2. The fraction of sp³-hybridized carbons (Fsp3) is 0.304. The third-order valence-electron chi connectivity index (χ3n) is 4.66. The summed E-state index contributed by atoms with van der Waals surface area (Å²) in [6.45, 7) is 9.95. The summed E-state index contributed by atoms with van der Waals surface area (Å²) >= 11 is 1.33. The largest absolute Gasteiger partial charge is 0.487 e. The second-order valence-corrected chi connectivity index (χ2v) is 8.04. The fourth-order valence-electron chi connectivity index (χ4n) is 3.17. The summed E-state index contributed by atoms with van der Waals surface area (Å²) < 4.78 is 12.3. The maximum Gasteiger partial charge on any atom is 0.341 e. The molecule has 2 aromatic carbocycles. The van der Waals surface area contributed by atoms with Gasteiger partial charge in [0.1, 0.15) is 22.9 Å². The van der Waals surface area contributed by atoms with Crippen molar-refractivity contribution >= 4 is 38.3 Å². The van der Waals surface area contributed by atoms with Gasteiger partial charge >= 0.3 is 5.97 Å². The highest BCUT2D eigenvalue weighted by Gasteiger charge is 2.24. The van der Waals surface area contributed by atoms with Crippen LogP contribution in [0.25, 0.3) is 10.1 Å². The van der Waals surface area contributed by atoms with Crippen molar-refractivity contribution in [3.63, 3.8) is 0 Å². The molecule has 152 valence electrons. The minimum Gasteiger partial charge on any atom is -0.487 e. The van der Waals surface area contributed by atoms with Gasteiger partial charge in [-0.15, -0.1) is 11.3 Å². The Labute approximate surface area is 174 Å². The first kappa shape index (κ1) is 20.9. The van der Waals surface area contributed by atoms with Crippen molar-refractivity contribution in [2.75, 3.05) is 11.9 Å². The minimum atomic E-state index is -0.452. The van der Waals surface area contributed by atoms with Crippen LogP contribution in [0.3, 0.4) is 0 Å². The number of nitrogens with one attached hydrogen (secondary N) is 1. The molecule has 0 bridgehead atoms. The Bertz CT molecular complexity index is 1080. The lowest BCUT2D eigenvalue weighted by molar-refractivity contribution is -0.114. The molecular formula is C23H25NO4S. The van der Waals surface area contributed by atoms with Gasteiger partial charge in [0.25, 0.3) is 0 Å². The summed E-state index contributed by atoms with van der Waals surface area (Å²) in [5, 5.41) is 3.96. The molecule has 0 aliphatic rings. The van der Waals surface area contributed by atoms with E-state index < -0.39 is 5.97 Å². The molecule has 5 nitrogen and oxygen atoms in total. The summed E-state index contributed by atoms with van der Waals surface area (Å²) in [5.41, 5.74) is 4.80. The second kappa shape index (κ2) is 8.66. The van der Waals surface area contributed by atoms with Gasteiger partial charge in [0.2, 0.25) is 5.91 Å². The molecule has 3 aromatic rings. The van der Waals surface area contributed by atoms with Crippen molar-refractivity contribution in [1.29, 1.82) is 0 Å². The first-order chi connectivity index (χ1) is 13.8. The van der Waals surface area contributed by atoms with E-state index >= 15 is 0 Å². The van der Waals surface area contributed by atoms with Gasteiger partial charge in [-0.05, 0) is 44.4 Å². The molecule has 1 amide bonds. The minimum absolute atomic E-state index is 0.239. The van der Waals surface area contributed by atoms with Crippen LogP contribution < -0.4 is 10.1 Å². The van der Waals surface area contributed by atoms with Gasteiger partial charge < -0.3 is 14.8 Å². The maximum atomic E-state index is 12.6. The zero-order valence-corrected chi connectivity index (χ0v) is 18.2. The lowest BCUT2D eigenvalue weighted by Gasteiger charge is -2.13. The number of hydrogen-bond acceptors (Lipinski definition) is 5. The Morgan fingerprint density at radius 2 is 1.79 bits per heavy atom. The summed E-state index contributed by atoms with van der Waals surface area (Å²) in [4.78, 5) is 24.2. The van der Waals surface area contributed by atoms with E-state index in [1.54, 1.807) is 6.92 Å². The van der Waals surface area contributed by atoms with Crippen LogP contribution in [0.15, 0.2) is 30.3 Å². The predicted molar refractivity (Wildman–Crippen MR) is 117 cm³/mol. The van der Waals surface area contributed by atoms with E-state index in [2.05, 4.69) is 37.4 Å². The molecule has 0 saturated heterocycles. The van der Waals surface area contributed by atoms with Gasteiger partial charge in [0.05, 0.1) is 11.3 Å². The normalized spacial score (nSPS) is 10.8. The number of carbonyl (C=O) groups excluding carboxylic acids is 2. The highest BCUT2D eigenvalue weighted by atomic mass is 32.1. The molecule has 0 aliphatic carbocycles. The van der Waals surface area contributed by atoms with Gasteiger partial charge in [-0.2, -0.15) is 0 Å². The highest BCUT2D eigenvalue weighted by Crippen LogP contribution is 2.43. The molecule has 1 N–H and O–H groups in total. The fourth-order valence-corrected chi connectivity index (χ4v) is 4.46. The van der Waals surface area contributed by atoms with Crippen molar-refractivity contribution in [1.82, 2.24) is 0 Å². The summed E-state index contributed by atoms with van der Waals surface area (Å²) in [5.74, 6) is 0.0269. The van der Waals surface area contributed by atoms with Crippen LogP contribution in [0.2, 0.25) is 0 Å². The first-order valence-electron chi connectivity index (χ1n) is 9.51. The van der Waals surface area contributed by atoms with E-state index in [0.29, 0.717) is 17.2 Å². The molecule has 0 spiro atoms. The van der Waals surface area contributed by atoms with Gasteiger partial charge in [0.15, 0.2) is 0 Å².